The number of non-ortho nitro benzene ring substituents is 1. The lowest BCUT2D eigenvalue weighted by Gasteiger charge is -2.14. The van der Waals surface area contributed by atoms with Gasteiger partial charge in [0, 0.05) is 23.2 Å². The lowest BCUT2D eigenvalue weighted by Crippen LogP contribution is -2.42. The van der Waals surface area contributed by atoms with Gasteiger partial charge in [-0.3, -0.25) is 24.3 Å². The second-order valence-corrected chi connectivity index (χ2v) is 7.22. The van der Waals surface area contributed by atoms with Crippen LogP contribution in [0.1, 0.15) is 12.8 Å². The molecule has 0 bridgehead atoms. The van der Waals surface area contributed by atoms with Crippen LogP contribution < -0.4 is 16.6 Å². The Morgan fingerprint density at radius 3 is 2.48 bits per heavy atom. The van der Waals surface area contributed by atoms with E-state index in [0.29, 0.717) is 5.02 Å². The maximum Gasteiger partial charge on any atom is 0.336 e. The molecular weight excluding hydrogens is 400 g/mol. The highest BCUT2D eigenvalue weighted by molar-refractivity contribution is 6.31. The molecule has 0 aliphatic heterocycles. The summed E-state index contributed by atoms with van der Waals surface area (Å²) in [5.41, 5.74) is -1.09. The van der Waals surface area contributed by atoms with Crippen LogP contribution >= 0.6 is 11.6 Å². The zero-order valence-electron chi connectivity index (χ0n) is 15.0. The summed E-state index contributed by atoms with van der Waals surface area (Å²) >= 11 is 6.04. The van der Waals surface area contributed by atoms with Gasteiger partial charge in [-0.2, -0.15) is 0 Å². The van der Waals surface area contributed by atoms with E-state index in [4.69, 9.17) is 11.6 Å². The third kappa shape index (κ3) is 3.64. The Kier molecular flexibility index (Phi) is 4.67. The maximum atomic E-state index is 13.1. The van der Waals surface area contributed by atoms with Gasteiger partial charge in [0.15, 0.2) is 0 Å². The van der Waals surface area contributed by atoms with E-state index in [0.717, 1.165) is 17.4 Å². The number of hydrogen-bond acceptors (Lipinski definition) is 5. The molecule has 2 aromatic carbocycles. The van der Waals surface area contributed by atoms with Crippen molar-refractivity contribution in [2.45, 2.75) is 25.4 Å². The van der Waals surface area contributed by atoms with Crippen molar-refractivity contribution in [2.24, 2.45) is 0 Å². The Hall–Kier alpha value is -3.46. The minimum Gasteiger partial charge on any atom is -0.352 e. The number of nitro benzene ring substituents is 1. The molecule has 0 radical (unpaired) electrons. The predicted octanol–water partition coefficient (Wildman–Crippen LogP) is 1.99. The van der Waals surface area contributed by atoms with Crippen molar-refractivity contribution in [3.8, 4) is 5.69 Å². The molecule has 10 heteroatoms. The number of fused-ring (bicyclic) bond motifs is 1. The lowest BCUT2D eigenvalue weighted by molar-refractivity contribution is -0.384. The van der Waals surface area contributed by atoms with Crippen LogP contribution in [0.4, 0.5) is 5.69 Å². The summed E-state index contributed by atoms with van der Waals surface area (Å²) in [5, 5.41) is 14.2. The average Bonchev–Trinajstić information content (AvgIpc) is 3.49. The second-order valence-electron chi connectivity index (χ2n) is 6.79. The number of amides is 1. The Bertz CT molecular complexity index is 1260. The third-order valence-electron chi connectivity index (χ3n) is 4.67. The molecule has 0 unspecified atom stereocenters. The quantitative estimate of drug-likeness (QED) is 0.506. The number of nitrogens with zero attached hydrogens (tertiary/aromatic N) is 3. The lowest BCUT2D eigenvalue weighted by atomic mass is 10.2. The smallest absolute Gasteiger partial charge is 0.336 e. The minimum atomic E-state index is -0.732. The molecule has 1 aliphatic carbocycles. The zero-order valence-corrected chi connectivity index (χ0v) is 15.8. The predicted molar refractivity (Wildman–Crippen MR) is 107 cm³/mol. The van der Waals surface area contributed by atoms with E-state index in [9.17, 15) is 24.5 Å². The molecule has 3 aromatic rings. The van der Waals surface area contributed by atoms with Crippen LogP contribution in [-0.4, -0.2) is 26.0 Å². The van der Waals surface area contributed by atoms with Crippen molar-refractivity contribution in [1.29, 1.82) is 0 Å². The zero-order chi connectivity index (χ0) is 20.7. The molecule has 4 rings (SSSR count). The first-order chi connectivity index (χ1) is 13.8. The summed E-state index contributed by atoms with van der Waals surface area (Å²) in [6.07, 6.45) is 1.80. The van der Waals surface area contributed by atoms with E-state index in [1.54, 1.807) is 0 Å². The highest BCUT2D eigenvalue weighted by Crippen LogP contribution is 2.20. The molecule has 148 valence electrons. The topological polar surface area (TPSA) is 116 Å². The highest BCUT2D eigenvalue weighted by atomic mass is 35.5. The highest BCUT2D eigenvalue weighted by Gasteiger charge is 2.24. The largest absolute Gasteiger partial charge is 0.352 e. The van der Waals surface area contributed by atoms with Gasteiger partial charge < -0.3 is 5.32 Å². The summed E-state index contributed by atoms with van der Waals surface area (Å²) in [4.78, 5) is 48.7. The average molecular weight is 415 g/mol. The Morgan fingerprint density at radius 1 is 1.17 bits per heavy atom. The summed E-state index contributed by atoms with van der Waals surface area (Å²) in [7, 11) is 0. The minimum absolute atomic E-state index is 0.119. The Balaban J connectivity index is 1.91. The number of aromatic nitrogens is 2. The van der Waals surface area contributed by atoms with Crippen LogP contribution in [0.25, 0.3) is 16.6 Å². The molecule has 1 aliphatic rings. The molecule has 9 nitrogen and oxygen atoms in total. The van der Waals surface area contributed by atoms with Crippen LogP contribution in [0, 0.1) is 10.1 Å². The van der Waals surface area contributed by atoms with Crippen molar-refractivity contribution in [3.05, 3.63) is 78.4 Å². The van der Waals surface area contributed by atoms with E-state index >= 15 is 0 Å². The fourth-order valence-corrected chi connectivity index (χ4v) is 3.25. The van der Waals surface area contributed by atoms with Crippen LogP contribution in [0.2, 0.25) is 5.02 Å². The molecule has 1 aromatic heterocycles. The number of nitro groups is 1. The number of hydrogen-bond donors (Lipinski definition) is 1. The van der Waals surface area contributed by atoms with E-state index < -0.39 is 16.2 Å². The van der Waals surface area contributed by atoms with Gasteiger partial charge in [0.2, 0.25) is 5.91 Å². The molecule has 1 heterocycles. The Labute approximate surface area is 168 Å². The molecule has 1 fully saturated rings. The van der Waals surface area contributed by atoms with Crippen molar-refractivity contribution < 1.29 is 9.72 Å². The third-order valence-corrected chi connectivity index (χ3v) is 4.90. The first kappa shape index (κ1) is 18.9. The molecule has 0 spiro atoms. The number of benzene rings is 2. The van der Waals surface area contributed by atoms with Crippen LogP contribution in [0.5, 0.6) is 0 Å². The van der Waals surface area contributed by atoms with Gasteiger partial charge in [0.1, 0.15) is 6.54 Å². The molecule has 1 saturated carbocycles. The second kappa shape index (κ2) is 7.17. The van der Waals surface area contributed by atoms with Gasteiger partial charge in [0.05, 0.1) is 21.5 Å². The molecule has 0 atom stereocenters. The first-order valence-electron chi connectivity index (χ1n) is 8.84. The first-order valence-corrected chi connectivity index (χ1v) is 9.22. The van der Waals surface area contributed by atoms with Gasteiger partial charge >= 0.3 is 5.69 Å². The van der Waals surface area contributed by atoms with E-state index in [1.807, 2.05) is 0 Å². The molecular formula is C19H15ClN4O5. The van der Waals surface area contributed by atoms with E-state index in [2.05, 4.69) is 5.32 Å². The summed E-state index contributed by atoms with van der Waals surface area (Å²) in [5.74, 6) is -0.343. The van der Waals surface area contributed by atoms with Crippen LogP contribution in [0.3, 0.4) is 0 Å². The number of carbonyl (C=O) groups is 1. The van der Waals surface area contributed by atoms with Gasteiger partial charge in [-0.15, -0.1) is 0 Å². The van der Waals surface area contributed by atoms with Crippen molar-refractivity contribution in [3.63, 3.8) is 0 Å². The molecule has 1 amide bonds. The maximum absolute atomic E-state index is 13.1. The van der Waals surface area contributed by atoms with Gasteiger partial charge in [-0.05, 0) is 43.2 Å². The standard InChI is InChI=1S/C19H15ClN4O5/c20-11-1-8-15-16(9-11)22(10-17(25)21-12-2-3-12)19(27)23(18(15)26)13-4-6-14(7-5-13)24(28)29/h1,4-9,12H,2-3,10H2,(H,21,25). The number of carbonyl (C=O) groups excluding carboxylic acids is 1. The number of rotatable bonds is 5. The number of nitrogens with one attached hydrogen (secondary N) is 1. The van der Waals surface area contributed by atoms with Crippen molar-refractivity contribution >= 4 is 34.1 Å². The summed E-state index contributed by atoms with van der Waals surface area (Å²) < 4.78 is 2.08. The van der Waals surface area contributed by atoms with E-state index in [-0.39, 0.29) is 40.8 Å². The van der Waals surface area contributed by atoms with Crippen LogP contribution in [0.15, 0.2) is 52.1 Å². The SMILES string of the molecule is O=C(Cn1c(=O)n(-c2ccc([N+](=O)[O-])cc2)c(=O)c2ccc(Cl)cc21)NC1CC1. The van der Waals surface area contributed by atoms with Gasteiger partial charge in [0.25, 0.3) is 11.2 Å². The van der Waals surface area contributed by atoms with Gasteiger partial charge in [-0.25, -0.2) is 9.36 Å². The fourth-order valence-electron chi connectivity index (χ4n) is 3.09. The fraction of sp³-hybridized carbons (Fsp3) is 0.211. The summed E-state index contributed by atoms with van der Waals surface area (Å²) in [6.45, 7) is -0.278. The number of halogens is 1. The molecule has 29 heavy (non-hydrogen) atoms. The van der Waals surface area contributed by atoms with Gasteiger partial charge in [-0.1, -0.05) is 11.6 Å². The summed E-state index contributed by atoms with van der Waals surface area (Å²) in [6, 6.07) is 9.63. The monoisotopic (exact) mass is 414 g/mol. The van der Waals surface area contributed by atoms with Crippen LogP contribution in [-0.2, 0) is 11.3 Å². The Morgan fingerprint density at radius 2 is 1.86 bits per heavy atom. The van der Waals surface area contributed by atoms with Crippen molar-refractivity contribution in [2.75, 3.05) is 0 Å². The molecule has 1 N–H and O–H groups in total. The normalized spacial score (nSPS) is 13.4. The van der Waals surface area contributed by atoms with E-state index in [1.165, 1.54) is 47.0 Å². The molecule has 0 saturated heterocycles. The van der Waals surface area contributed by atoms with Crippen molar-refractivity contribution in [1.82, 2.24) is 14.5 Å².